The Hall–Kier alpha value is -0.800. The van der Waals surface area contributed by atoms with Crippen molar-refractivity contribution in [2.45, 2.75) is 25.9 Å². The predicted molar refractivity (Wildman–Crippen MR) is 57.5 cm³/mol. The number of halogens is 1. The van der Waals surface area contributed by atoms with Crippen molar-refractivity contribution in [2.75, 3.05) is 0 Å². The van der Waals surface area contributed by atoms with Crippen LogP contribution >= 0.6 is 11.6 Å². The van der Waals surface area contributed by atoms with Crippen LogP contribution in [0.25, 0.3) is 0 Å². The molecule has 1 aromatic rings. The van der Waals surface area contributed by atoms with Gasteiger partial charge in [0.2, 0.25) is 0 Å². The van der Waals surface area contributed by atoms with E-state index in [-0.39, 0.29) is 0 Å². The molecule has 3 nitrogen and oxygen atoms in total. The minimum Gasteiger partial charge on any atom is -0.392 e. The van der Waals surface area contributed by atoms with Crippen LogP contribution < -0.4 is 0 Å². The molecule has 0 spiro atoms. The third kappa shape index (κ3) is 2.36. The van der Waals surface area contributed by atoms with Crippen molar-refractivity contribution in [2.24, 2.45) is 7.05 Å². The Labute approximate surface area is 89.0 Å². The van der Waals surface area contributed by atoms with Crippen LogP contribution in [-0.2, 0) is 13.5 Å². The first-order valence-electron chi connectivity index (χ1n) is 4.53. The minimum atomic E-state index is -0.423. The Kier molecular flexibility index (Phi) is 3.72. The Morgan fingerprint density at radius 2 is 2.36 bits per heavy atom. The van der Waals surface area contributed by atoms with Crippen molar-refractivity contribution < 1.29 is 5.11 Å². The molecule has 1 heterocycles. The molecule has 0 saturated heterocycles. The van der Waals surface area contributed by atoms with Gasteiger partial charge < -0.3 is 5.11 Å². The molecule has 0 aromatic carbocycles. The summed E-state index contributed by atoms with van der Waals surface area (Å²) >= 11 is 6.02. The molecule has 0 aliphatic rings. The fourth-order valence-corrected chi connectivity index (χ4v) is 1.67. The second-order valence-corrected chi connectivity index (χ2v) is 3.72. The fourth-order valence-electron chi connectivity index (χ4n) is 1.42. The summed E-state index contributed by atoms with van der Waals surface area (Å²) in [6.07, 6.45) is 2.38. The highest BCUT2D eigenvalue weighted by molar-refractivity contribution is 6.30. The van der Waals surface area contributed by atoms with Crippen LogP contribution in [0.15, 0.2) is 12.7 Å². The average molecular weight is 215 g/mol. The summed E-state index contributed by atoms with van der Waals surface area (Å²) in [5.74, 6) is 0. The van der Waals surface area contributed by atoms with Gasteiger partial charge in [0.25, 0.3) is 0 Å². The summed E-state index contributed by atoms with van der Waals surface area (Å²) in [5.41, 5.74) is 1.80. The first kappa shape index (κ1) is 11.3. The SMILES string of the molecule is C=CCC(O)Cc1c(C)nn(C)c1Cl. The van der Waals surface area contributed by atoms with Gasteiger partial charge in [0.15, 0.2) is 0 Å². The van der Waals surface area contributed by atoms with Crippen molar-refractivity contribution in [3.63, 3.8) is 0 Å². The van der Waals surface area contributed by atoms with Crippen LogP contribution in [0.2, 0.25) is 5.15 Å². The molecule has 1 rings (SSSR count). The molecule has 1 aromatic heterocycles. The van der Waals surface area contributed by atoms with Gasteiger partial charge in [-0.15, -0.1) is 6.58 Å². The van der Waals surface area contributed by atoms with Crippen molar-refractivity contribution in [1.82, 2.24) is 9.78 Å². The monoisotopic (exact) mass is 214 g/mol. The van der Waals surface area contributed by atoms with Crippen molar-refractivity contribution in [1.29, 1.82) is 0 Å². The van der Waals surface area contributed by atoms with Crippen LogP contribution in [0.3, 0.4) is 0 Å². The molecular formula is C10H15ClN2O. The Morgan fingerprint density at radius 1 is 1.71 bits per heavy atom. The lowest BCUT2D eigenvalue weighted by Gasteiger charge is -2.07. The lowest BCUT2D eigenvalue weighted by atomic mass is 10.1. The smallest absolute Gasteiger partial charge is 0.130 e. The standard InChI is InChI=1S/C10H15ClN2O/c1-4-5-8(14)6-9-7(2)12-13(3)10(9)11/h4,8,14H,1,5-6H2,2-3H3. The van der Waals surface area contributed by atoms with E-state index in [0.717, 1.165) is 11.3 Å². The summed E-state index contributed by atoms with van der Waals surface area (Å²) in [5, 5.41) is 14.4. The molecule has 1 N–H and O–H groups in total. The molecule has 0 saturated carbocycles. The van der Waals surface area contributed by atoms with E-state index < -0.39 is 6.10 Å². The number of aryl methyl sites for hydroxylation is 2. The maximum Gasteiger partial charge on any atom is 0.130 e. The van der Waals surface area contributed by atoms with Gasteiger partial charge in [0.05, 0.1) is 11.8 Å². The molecular weight excluding hydrogens is 200 g/mol. The van der Waals surface area contributed by atoms with Crippen LogP contribution in [0, 0.1) is 6.92 Å². The van der Waals surface area contributed by atoms with Crippen LogP contribution in [0.1, 0.15) is 17.7 Å². The van der Waals surface area contributed by atoms with Gasteiger partial charge in [-0.25, -0.2) is 0 Å². The van der Waals surface area contributed by atoms with E-state index in [1.807, 2.05) is 6.92 Å². The Morgan fingerprint density at radius 3 is 2.79 bits per heavy atom. The summed E-state index contributed by atoms with van der Waals surface area (Å²) in [6, 6.07) is 0. The molecule has 0 amide bonds. The second kappa shape index (κ2) is 4.62. The zero-order valence-corrected chi connectivity index (χ0v) is 9.25. The molecule has 78 valence electrons. The van der Waals surface area contributed by atoms with Crippen molar-refractivity contribution in [3.8, 4) is 0 Å². The summed E-state index contributed by atoms with van der Waals surface area (Å²) in [6.45, 7) is 5.47. The molecule has 0 aliphatic carbocycles. The van der Waals surface area contributed by atoms with E-state index >= 15 is 0 Å². The number of hydrogen-bond acceptors (Lipinski definition) is 2. The maximum absolute atomic E-state index is 9.59. The van der Waals surface area contributed by atoms with Gasteiger partial charge in [-0.05, 0) is 13.3 Å². The summed E-state index contributed by atoms with van der Waals surface area (Å²) < 4.78 is 1.62. The lowest BCUT2D eigenvalue weighted by Crippen LogP contribution is -2.09. The molecule has 0 radical (unpaired) electrons. The maximum atomic E-state index is 9.59. The van der Waals surface area contributed by atoms with Crippen molar-refractivity contribution in [3.05, 3.63) is 29.1 Å². The number of rotatable bonds is 4. The van der Waals surface area contributed by atoms with Gasteiger partial charge >= 0.3 is 0 Å². The largest absolute Gasteiger partial charge is 0.392 e. The van der Waals surface area contributed by atoms with Crippen LogP contribution in [0.5, 0.6) is 0 Å². The number of aliphatic hydroxyl groups is 1. The van der Waals surface area contributed by atoms with Gasteiger partial charge in [-0.1, -0.05) is 17.7 Å². The quantitative estimate of drug-likeness (QED) is 0.777. The Balaban J connectivity index is 2.80. The minimum absolute atomic E-state index is 0.423. The third-order valence-electron chi connectivity index (χ3n) is 2.15. The first-order chi connectivity index (χ1) is 6.56. The molecule has 0 aliphatic heterocycles. The predicted octanol–water partition coefficient (Wildman–Crippen LogP) is 1.86. The number of aromatic nitrogens is 2. The molecule has 0 bridgehead atoms. The van der Waals surface area contributed by atoms with Crippen molar-refractivity contribution >= 4 is 11.6 Å². The van der Waals surface area contributed by atoms with E-state index in [0.29, 0.717) is 18.0 Å². The Bertz CT molecular complexity index is 333. The highest BCUT2D eigenvalue weighted by atomic mass is 35.5. The molecule has 1 unspecified atom stereocenters. The molecule has 1 atom stereocenters. The molecule has 4 heteroatoms. The zero-order valence-electron chi connectivity index (χ0n) is 8.50. The third-order valence-corrected chi connectivity index (χ3v) is 2.62. The first-order valence-corrected chi connectivity index (χ1v) is 4.91. The second-order valence-electron chi connectivity index (χ2n) is 3.36. The number of hydrogen-bond donors (Lipinski definition) is 1. The summed E-state index contributed by atoms with van der Waals surface area (Å²) in [4.78, 5) is 0. The van der Waals surface area contributed by atoms with E-state index in [1.165, 1.54) is 0 Å². The lowest BCUT2D eigenvalue weighted by molar-refractivity contribution is 0.178. The average Bonchev–Trinajstić information content (AvgIpc) is 2.33. The van der Waals surface area contributed by atoms with Gasteiger partial charge in [0, 0.05) is 19.0 Å². The normalized spacial score (nSPS) is 12.9. The topological polar surface area (TPSA) is 38.1 Å². The summed E-state index contributed by atoms with van der Waals surface area (Å²) in [7, 11) is 1.79. The van der Waals surface area contributed by atoms with Crippen LogP contribution in [0.4, 0.5) is 0 Å². The zero-order chi connectivity index (χ0) is 10.7. The van der Waals surface area contributed by atoms with E-state index in [4.69, 9.17) is 11.6 Å². The molecule has 0 fully saturated rings. The fraction of sp³-hybridized carbons (Fsp3) is 0.500. The van der Waals surface area contributed by atoms with E-state index in [1.54, 1.807) is 17.8 Å². The number of aliphatic hydroxyl groups excluding tert-OH is 1. The van der Waals surface area contributed by atoms with E-state index in [9.17, 15) is 5.11 Å². The van der Waals surface area contributed by atoms with Gasteiger partial charge in [-0.2, -0.15) is 5.10 Å². The molecule has 14 heavy (non-hydrogen) atoms. The van der Waals surface area contributed by atoms with E-state index in [2.05, 4.69) is 11.7 Å². The van der Waals surface area contributed by atoms with Crippen LogP contribution in [-0.4, -0.2) is 21.0 Å². The highest BCUT2D eigenvalue weighted by Gasteiger charge is 2.14. The highest BCUT2D eigenvalue weighted by Crippen LogP contribution is 2.20. The van der Waals surface area contributed by atoms with Gasteiger partial charge in [0.1, 0.15) is 5.15 Å². The van der Waals surface area contributed by atoms with Gasteiger partial charge in [-0.3, -0.25) is 4.68 Å². The number of nitrogens with zero attached hydrogens (tertiary/aromatic N) is 2.